The number of nitrogens with zero attached hydrogens (tertiary/aromatic N) is 2. The van der Waals surface area contributed by atoms with Crippen molar-refractivity contribution in [3.63, 3.8) is 0 Å². The highest BCUT2D eigenvalue weighted by atomic mass is 16.5. The SMILES string of the molecule is c1ccc(-c2cccc(N(c3ccccc3)c3ccc4oc5cc6c(cc5c4c3)-c3ccccc3C63c4ccccc4Oc4ccccc43)c2)cc1.c1ccc(N(c2ccccc2)c2ccc3oc4cc5c(cc4c3c2)-c2ccccc2C52c3ccccc3Oc3ccccc32)cc1. The molecule has 6 nitrogen and oxygen atoms in total. The van der Waals surface area contributed by atoms with Gasteiger partial charge in [0.05, 0.1) is 10.8 Å². The van der Waals surface area contributed by atoms with E-state index < -0.39 is 10.8 Å². The highest BCUT2D eigenvalue weighted by molar-refractivity contribution is 6.11. The van der Waals surface area contributed by atoms with E-state index in [1.807, 2.05) is 0 Å². The number of hydrogen-bond acceptors (Lipinski definition) is 6. The molecule has 0 bridgehead atoms. The fraction of sp³-hybridized carbons (Fsp3) is 0.0217. The Morgan fingerprint density at radius 2 is 0.510 bits per heavy atom. The van der Waals surface area contributed by atoms with Crippen LogP contribution in [-0.4, -0.2) is 0 Å². The van der Waals surface area contributed by atoms with E-state index >= 15 is 0 Å². The predicted octanol–water partition coefficient (Wildman–Crippen LogP) is 24.7. The number of furan rings is 2. The quantitative estimate of drug-likeness (QED) is 0.158. The van der Waals surface area contributed by atoms with E-state index in [-0.39, 0.29) is 0 Å². The second-order valence-corrected chi connectivity index (χ2v) is 25.7. The lowest BCUT2D eigenvalue weighted by Crippen LogP contribution is -2.32. The van der Waals surface area contributed by atoms with Gasteiger partial charge in [0, 0.05) is 77.9 Å². The van der Waals surface area contributed by atoms with Gasteiger partial charge in [0.2, 0.25) is 0 Å². The van der Waals surface area contributed by atoms with Gasteiger partial charge in [-0.1, -0.05) is 218 Å². The molecule has 0 N–H and O–H groups in total. The lowest BCUT2D eigenvalue weighted by atomic mass is 9.66. The fourth-order valence-electron chi connectivity index (χ4n) is 16.6. The molecule has 2 spiro atoms. The van der Waals surface area contributed by atoms with Crippen LogP contribution in [0, 0.1) is 0 Å². The molecule has 0 saturated heterocycles. The van der Waals surface area contributed by atoms with Crippen LogP contribution in [0.5, 0.6) is 23.0 Å². The Morgan fingerprint density at radius 3 is 0.929 bits per heavy atom. The molecule has 15 aromatic carbocycles. The molecule has 0 atom stereocenters. The molecule has 2 aliphatic carbocycles. The van der Waals surface area contributed by atoms with Gasteiger partial charge in [-0.25, -0.2) is 0 Å². The first-order valence-electron chi connectivity index (χ1n) is 33.4. The van der Waals surface area contributed by atoms with Crippen molar-refractivity contribution in [2.45, 2.75) is 10.8 Å². The molecule has 17 aromatic rings. The van der Waals surface area contributed by atoms with Gasteiger partial charge in [-0.3, -0.25) is 0 Å². The van der Waals surface area contributed by atoms with E-state index in [4.69, 9.17) is 18.3 Å². The fourth-order valence-corrected chi connectivity index (χ4v) is 16.6. The largest absolute Gasteiger partial charge is 0.457 e. The molecule has 0 saturated carbocycles. The minimum absolute atomic E-state index is 0.521. The maximum absolute atomic E-state index is 6.76. The Kier molecular flexibility index (Phi) is 12.4. The van der Waals surface area contributed by atoms with Crippen LogP contribution in [0.2, 0.25) is 0 Å². The maximum Gasteiger partial charge on any atom is 0.135 e. The van der Waals surface area contributed by atoms with Gasteiger partial charge in [0.25, 0.3) is 0 Å². The maximum atomic E-state index is 6.76. The van der Waals surface area contributed by atoms with Gasteiger partial charge in [-0.15, -0.1) is 0 Å². The van der Waals surface area contributed by atoms with E-state index in [2.05, 4.69) is 362 Å². The molecule has 460 valence electrons. The van der Waals surface area contributed by atoms with Gasteiger partial charge in [0.15, 0.2) is 0 Å². The van der Waals surface area contributed by atoms with Crippen LogP contribution in [0.15, 0.2) is 361 Å². The predicted molar refractivity (Wildman–Crippen MR) is 397 cm³/mol. The zero-order chi connectivity index (χ0) is 64.5. The van der Waals surface area contributed by atoms with E-state index in [1.54, 1.807) is 0 Å². The summed E-state index contributed by atoms with van der Waals surface area (Å²) in [6.07, 6.45) is 0. The van der Waals surface area contributed by atoms with Gasteiger partial charge in [-0.05, 0) is 189 Å². The Balaban J connectivity index is 0.000000134. The Bertz CT molecular complexity index is 5900. The lowest BCUT2D eigenvalue weighted by molar-refractivity contribution is 0.436. The molecule has 0 radical (unpaired) electrons. The first-order chi connectivity index (χ1) is 48.6. The topological polar surface area (TPSA) is 51.2 Å². The summed E-state index contributed by atoms with van der Waals surface area (Å²) in [5.74, 6) is 3.55. The standard InChI is InChI=1S/C49H31NO2.C43H27NO2/c1-3-14-32(15-4-1)33-16-13-19-35(28-33)50(34-17-5-2-6-18-34)36-26-27-45-39(29-36)40-30-38-37-20-7-8-21-41(37)49(44(38)31-48(40)51-45)42-22-9-11-24-46(42)52-47-25-12-10-23-43(47)49;1-3-13-28(14-4-1)44(29-15-5-2-6-16-29)30-23-24-39-33(25-30)34-26-32-31-17-7-8-18-35(31)43(38(32)27-42(34)45-39)36-19-9-11-21-40(36)46-41-22-12-10-20-37(41)43/h1-31H;1-27H. The Hall–Kier alpha value is -12.9. The zero-order valence-electron chi connectivity index (χ0n) is 53.0. The van der Waals surface area contributed by atoms with Crippen LogP contribution >= 0.6 is 0 Å². The zero-order valence-corrected chi connectivity index (χ0v) is 53.0. The van der Waals surface area contributed by atoms with Crippen LogP contribution in [0.4, 0.5) is 34.1 Å². The minimum atomic E-state index is -0.538. The molecule has 2 aliphatic heterocycles. The smallest absolute Gasteiger partial charge is 0.135 e. The molecule has 0 unspecified atom stereocenters. The third kappa shape index (κ3) is 8.22. The van der Waals surface area contributed by atoms with Crippen molar-refractivity contribution in [2.75, 3.05) is 9.80 Å². The molecule has 98 heavy (non-hydrogen) atoms. The highest BCUT2D eigenvalue weighted by Gasteiger charge is 2.53. The average molecular weight is 1260 g/mol. The third-order valence-corrected chi connectivity index (χ3v) is 20.6. The van der Waals surface area contributed by atoms with E-state index in [9.17, 15) is 0 Å². The van der Waals surface area contributed by atoms with Crippen molar-refractivity contribution in [3.8, 4) is 56.4 Å². The van der Waals surface area contributed by atoms with Crippen molar-refractivity contribution < 1.29 is 18.3 Å². The van der Waals surface area contributed by atoms with Gasteiger partial charge in [-0.2, -0.15) is 0 Å². The number of ether oxygens (including phenoxy) is 2. The summed E-state index contributed by atoms with van der Waals surface area (Å²) in [4.78, 5) is 4.63. The number of anilines is 6. The molecular formula is C92H58N2O4. The summed E-state index contributed by atoms with van der Waals surface area (Å²) in [5.41, 5.74) is 25.8. The summed E-state index contributed by atoms with van der Waals surface area (Å²) >= 11 is 0. The lowest BCUT2D eigenvalue weighted by Gasteiger charge is -2.39. The third-order valence-electron chi connectivity index (χ3n) is 20.6. The van der Waals surface area contributed by atoms with Crippen LogP contribution in [0.3, 0.4) is 0 Å². The summed E-state index contributed by atoms with van der Waals surface area (Å²) < 4.78 is 26.5. The minimum Gasteiger partial charge on any atom is -0.457 e. The van der Waals surface area contributed by atoms with Crippen LogP contribution < -0.4 is 19.3 Å². The van der Waals surface area contributed by atoms with Crippen molar-refractivity contribution in [2.24, 2.45) is 0 Å². The van der Waals surface area contributed by atoms with Crippen molar-refractivity contribution in [1.29, 1.82) is 0 Å². The van der Waals surface area contributed by atoms with Crippen LogP contribution in [0.25, 0.3) is 77.3 Å². The summed E-state index contributed by atoms with van der Waals surface area (Å²) in [7, 11) is 0. The summed E-state index contributed by atoms with van der Waals surface area (Å²) in [5, 5.41) is 4.39. The first-order valence-corrected chi connectivity index (χ1v) is 33.4. The highest BCUT2D eigenvalue weighted by Crippen LogP contribution is 2.65. The van der Waals surface area contributed by atoms with Gasteiger partial charge < -0.3 is 28.1 Å². The number of para-hydroxylation sites is 7. The van der Waals surface area contributed by atoms with E-state index in [1.165, 1.54) is 55.6 Å². The average Bonchev–Trinajstić information content (AvgIpc) is 1.51. The number of hydrogen-bond donors (Lipinski definition) is 0. The van der Waals surface area contributed by atoms with Gasteiger partial charge >= 0.3 is 0 Å². The molecule has 0 fully saturated rings. The summed E-state index contributed by atoms with van der Waals surface area (Å²) in [6.45, 7) is 0. The molecule has 4 aliphatic rings. The molecule has 4 heterocycles. The Labute approximate surface area is 566 Å². The van der Waals surface area contributed by atoms with E-state index in [0.29, 0.717) is 0 Å². The second-order valence-electron chi connectivity index (χ2n) is 25.7. The number of benzene rings is 15. The second kappa shape index (κ2) is 21.8. The monoisotopic (exact) mass is 1250 g/mol. The molecule has 6 heteroatoms. The van der Waals surface area contributed by atoms with Crippen LogP contribution in [-0.2, 0) is 10.8 Å². The van der Waals surface area contributed by atoms with Crippen molar-refractivity contribution >= 4 is 78.0 Å². The van der Waals surface area contributed by atoms with E-state index in [0.717, 1.165) is 123 Å². The number of rotatable bonds is 7. The first kappa shape index (κ1) is 55.5. The Morgan fingerprint density at radius 1 is 0.194 bits per heavy atom. The normalized spacial score (nSPS) is 13.4. The number of fused-ring (bicyclic) bond motifs is 24. The molecular weight excluding hydrogens is 1200 g/mol. The van der Waals surface area contributed by atoms with Crippen LogP contribution in [0.1, 0.15) is 44.5 Å². The van der Waals surface area contributed by atoms with Gasteiger partial charge in [0.1, 0.15) is 45.3 Å². The summed E-state index contributed by atoms with van der Waals surface area (Å²) in [6, 6.07) is 125. The molecule has 21 rings (SSSR count). The van der Waals surface area contributed by atoms with Crippen molar-refractivity contribution in [1.82, 2.24) is 0 Å². The van der Waals surface area contributed by atoms with Crippen molar-refractivity contribution in [3.05, 3.63) is 396 Å². The molecule has 2 aromatic heterocycles. The molecule has 0 amide bonds.